The fourth-order valence-corrected chi connectivity index (χ4v) is 2.96. The summed E-state index contributed by atoms with van der Waals surface area (Å²) in [6.45, 7) is 0. The van der Waals surface area contributed by atoms with Crippen LogP contribution in [-0.2, 0) is 0 Å². The molecule has 0 unspecified atom stereocenters. The number of benzene rings is 2. The highest BCUT2D eigenvalue weighted by atomic mass is 32.1. The van der Waals surface area contributed by atoms with E-state index in [2.05, 4.69) is 4.98 Å². The number of halogens is 1. The fraction of sp³-hybridized carbons (Fsp3) is 0. The van der Waals surface area contributed by atoms with Crippen LogP contribution in [0.3, 0.4) is 0 Å². The number of nitrogens with zero attached hydrogens (tertiary/aromatic N) is 1. The molecule has 0 amide bonds. The Hall–Kier alpha value is -2.53. The van der Waals surface area contributed by atoms with Gasteiger partial charge in [0.2, 0.25) is 0 Å². The zero-order valence-electron chi connectivity index (χ0n) is 10.8. The lowest BCUT2D eigenvalue weighted by molar-refractivity contribution is 0.0702. The summed E-state index contributed by atoms with van der Waals surface area (Å²) in [6, 6.07) is 15.2. The Labute approximate surface area is 124 Å². The van der Waals surface area contributed by atoms with E-state index >= 15 is 0 Å². The average molecular weight is 299 g/mol. The lowest BCUT2D eigenvalue weighted by atomic mass is 10.1. The number of hydrogen-bond donors (Lipinski definition) is 1. The predicted molar refractivity (Wildman–Crippen MR) is 79.9 cm³/mol. The van der Waals surface area contributed by atoms with E-state index in [0.717, 1.165) is 11.3 Å². The minimum atomic E-state index is -1.06. The first-order valence-corrected chi connectivity index (χ1v) is 7.03. The molecule has 0 bridgehead atoms. The van der Waals surface area contributed by atoms with Gasteiger partial charge in [-0.3, -0.25) is 0 Å². The number of carboxylic acid groups (broad SMARTS) is 1. The topological polar surface area (TPSA) is 50.2 Å². The summed E-state index contributed by atoms with van der Waals surface area (Å²) in [5, 5.41) is 9.70. The first-order chi connectivity index (χ1) is 10.2. The van der Waals surface area contributed by atoms with Crippen molar-refractivity contribution in [1.29, 1.82) is 0 Å². The van der Waals surface area contributed by atoms with Gasteiger partial charge in [0.15, 0.2) is 0 Å². The summed E-state index contributed by atoms with van der Waals surface area (Å²) in [4.78, 5) is 15.8. The van der Waals surface area contributed by atoms with Crippen LogP contribution in [0.2, 0.25) is 0 Å². The van der Waals surface area contributed by atoms with Gasteiger partial charge >= 0.3 is 5.97 Å². The number of aromatic carboxylic acids is 1. The SMILES string of the molecule is O=C(O)c1sc(-c2ccccc2F)nc1-c1ccccc1. The number of rotatable bonds is 3. The number of carboxylic acids is 1. The van der Waals surface area contributed by atoms with Gasteiger partial charge in [-0.15, -0.1) is 11.3 Å². The normalized spacial score (nSPS) is 10.5. The highest BCUT2D eigenvalue weighted by Crippen LogP contribution is 2.34. The molecule has 2 aromatic carbocycles. The van der Waals surface area contributed by atoms with Crippen LogP contribution in [0.5, 0.6) is 0 Å². The summed E-state index contributed by atoms with van der Waals surface area (Å²) >= 11 is 0.979. The summed E-state index contributed by atoms with van der Waals surface area (Å²) in [5.74, 6) is -1.48. The molecule has 0 spiro atoms. The van der Waals surface area contributed by atoms with Crippen LogP contribution in [-0.4, -0.2) is 16.1 Å². The van der Waals surface area contributed by atoms with Gasteiger partial charge in [0, 0.05) is 11.1 Å². The summed E-state index contributed by atoms with van der Waals surface area (Å²) < 4.78 is 13.8. The van der Waals surface area contributed by atoms with Crippen molar-refractivity contribution in [2.24, 2.45) is 0 Å². The van der Waals surface area contributed by atoms with Crippen molar-refractivity contribution in [1.82, 2.24) is 4.98 Å². The van der Waals surface area contributed by atoms with Crippen LogP contribution in [0.4, 0.5) is 4.39 Å². The number of thiazole rings is 1. The molecule has 0 saturated carbocycles. The third kappa shape index (κ3) is 2.55. The van der Waals surface area contributed by atoms with Crippen LogP contribution in [0.1, 0.15) is 9.67 Å². The molecule has 1 heterocycles. The molecule has 0 saturated heterocycles. The van der Waals surface area contributed by atoms with E-state index in [1.165, 1.54) is 6.07 Å². The number of hydrogen-bond acceptors (Lipinski definition) is 3. The maximum Gasteiger partial charge on any atom is 0.348 e. The first kappa shape index (κ1) is 13.5. The van der Waals surface area contributed by atoms with Crippen molar-refractivity contribution in [2.75, 3.05) is 0 Å². The Morgan fingerprint density at radius 1 is 1.05 bits per heavy atom. The van der Waals surface area contributed by atoms with E-state index < -0.39 is 11.8 Å². The molecule has 5 heteroatoms. The molecule has 104 valence electrons. The molecule has 0 aliphatic heterocycles. The standard InChI is InChI=1S/C16H10FNO2S/c17-12-9-5-4-8-11(12)15-18-13(14(21-15)16(19)20)10-6-2-1-3-7-10/h1-9H,(H,19,20). The Kier molecular flexibility index (Phi) is 3.50. The molecule has 0 aliphatic rings. The Morgan fingerprint density at radius 2 is 1.71 bits per heavy atom. The van der Waals surface area contributed by atoms with Crippen molar-refractivity contribution in [3.63, 3.8) is 0 Å². The monoisotopic (exact) mass is 299 g/mol. The minimum absolute atomic E-state index is 0.111. The second kappa shape index (κ2) is 5.46. The highest BCUT2D eigenvalue weighted by molar-refractivity contribution is 7.17. The van der Waals surface area contributed by atoms with Crippen LogP contribution in [0.25, 0.3) is 21.8 Å². The van der Waals surface area contributed by atoms with E-state index in [4.69, 9.17) is 0 Å². The van der Waals surface area contributed by atoms with Gasteiger partial charge in [-0.25, -0.2) is 14.2 Å². The summed E-state index contributed by atoms with van der Waals surface area (Å²) in [5.41, 5.74) is 1.38. The van der Waals surface area contributed by atoms with Crippen molar-refractivity contribution in [2.45, 2.75) is 0 Å². The maximum atomic E-state index is 13.8. The molecule has 0 aliphatic carbocycles. The van der Waals surface area contributed by atoms with Gasteiger partial charge in [0.1, 0.15) is 15.7 Å². The Balaban J connectivity index is 2.18. The second-order valence-electron chi connectivity index (χ2n) is 4.35. The molecule has 1 aromatic heterocycles. The zero-order valence-corrected chi connectivity index (χ0v) is 11.6. The predicted octanol–water partition coefficient (Wildman–Crippen LogP) is 4.31. The summed E-state index contributed by atoms with van der Waals surface area (Å²) in [6.07, 6.45) is 0. The molecule has 0 atom stereocenters. The van der Waals surface area contributed by atoms with Crippen LogP contribution in [0.15, 0.2) is 54.6 Å². The third-order valence-electron chi connectivity index (χ3n) is 2.97. The molecule has 3 rings (SSSR count). The van der Waals surface area contributed by atoms with E-state index in [1.807, 2.05) is 18.2 Å². The van der Waals surface area contributed by atoms with Gasteiger partial charge in [-0.05, 0) is 12.1 Å². The van der Waals surface area contributed by atoms with Crippen molar-refractivity contribution >= 4 is 17.3 Å². The van der Waals surface area contributed by atoms with Gasteiger partial charge in [0.25, 0.3) is 0 Å². The number of aromatic nitrogens is 1. The van der Waals surface area contributed by atoms with Crippen molar-refractivity contribution in [3.8, 4) is 21.8 Å². The second-order valence-corrected chi connectivity index (χ2v) is 5.35. The molecule has 3 aromatic rings. The van der Waals surface area contributed by atoms with E-state index in [-0.39, 0.29) is 4.88 Å². The lowest BCUT2D eigenvalue weighted by Gasteiger charge is -1.98. The molecule has 1 N–H and O–H groups in total. The Morgan fingerprint density at radius 3 is 2.38 bits per heavy atom. The molecule has 3 nitrogen and oxygen atoms in total. The summed E-state index contributed by atoms with van der Waals surface area (Å²) in [7, 11) is 0. The minimum Gasteiger partial charge on any atom is -0.477 e. The van der Waals surface area contributed by atoms with Gasteiger partial charge in [0.05, 0.1) is 5.69 Å². The molecular formula is C16H10FNO2S. The van der Waals surface area contributed by atoms with E-state index in [9.17, 15) is 14.3 Å². The Bertz CT molecular complexity index is 799. The molecule has 21 heavy (non-hydrogen) atoms. The van der Waals surface area contributed by atoms with Gasteiger partial charge < -0.3 is 5.11 Å². The third-order valence-corrected chi connectivity index (χ3v) is 4.05. The van der Waals surface area contributed by atoms with Gasteiger partial charge in [-0.1, -0.05) is 42.5 Å². The van der Waals surface area contributed by atoms with Crippen LogP contribution >= 0.6 is 11.3 Å². The first-order valence-electron chi connectivity index (χ1n) is 6.21. The lowest BCUT2D eigenvalue weighted by Crippen LogP contribution is -1.95. The van der Waals surface area contributed by atoms with Crippen molar-refractivity contribution < 1.29 is 14.3 Å². The molecule has 0 fully saturated rings. The van der Waals surface area contributed by atoms with E-state index in [1.54, 1.807) is 30.3 Å². The zero-order chi connectivity index (χ0) is 14.8. The quantitative estimate of drug-likeness (QED) is 0.783. The fourth-order valence-electron chi connectivity index (χ4n) is 2.01. The van der Waals surface area contributed by atoms with Gasteiger partial charge in [-0.2, -0.15) is 0 Å². The van der Waals surface area contributed by atoms with Crippen LogP contribution < -0.4 is 0 Å². The molecular weight excluding hydrogens is 289 g/mol. The maximum absolute atomic E-state index is 13.8. The highest BCUT2D eigenvalue weighted by Gasteiger charge is 2.20. The van der Waals surface area contributed by atoms with E-state index in [0.29, 0.717) is 21.8 Å². The molecule has 0 radical (unpaired) electrons. The van der Waals surface area contributed by atoms with Crippen LogP contribution in [0, 0.1) is 5.82 Å². The number of carbonyl (C=O) groups is 1. The smallest absolute Gasteiger partial charge is 0.348 e. The average Bonchev–Trinajstić information content (AvgIpc) is 2.94. The van der Waals surface area contributed by atoms with Crippen molar-refractivity contribution in [3.05, 3.63) is 65.3 Å². The largest absolute Gasteiger partial charge is 0.477 e.